The van der Waals surface area contributed by atoms with Crippen LogP contribution in [0.3, 0.4) is 0 Å². The van der Waals surface area contributed by atoms with Gasteiger partial charge in [0.05, 0.1) is 16.4 Å². The van der Waals surface area contributed by atoms with Crippen LogP contribution in [0, 0.1) is 6.92 Å². The second-order valence-electron chi connectivity index (χ2n) is 5.78. The molecule has 1 heterocycles. The SMILES string of the molecule is CC[C@]1(C)O[C@H]1c1ccccc1S(=O)c1ccc(C)cc1. The summed E-state index contributed by atoms with van der Waals surface area (Å²) in [6, 6.07) is 15.8. The fourth-order valence-corrected chi connectivity index (χ4v) is 3.78. The minimum absolute atomic E-state index is 0.0631. The van der Waals surface area contributed by atoms with Gasteiger partial charge in [-0.1, -0.05) is 42.8 Å². The van der Waals surface area contributed by atoms with Gasteiger partial charge in [-0.3, -0.25) is 0 Å². The molecule has 1 aliphatic rings. The van der Waals surface area contributed by atoms with Crippen molar-refractivity contribution in [2.45, 2.75) is 48.7 Å². The third-order valence-electron chi connectivity index (χ3n) is 4.22. The molecule has 0 radical (unpaired) electrons. The molecule has 1 unspecified atom stereocenters. The number of benzene rings is 2. The number of epoxide rings is 1. The van der Waals surface area contributed by atoms with Crippen molar-refractivity contribution in [3.63, 3.8) is 0 Å². The molecule has 1 saturated heterocycles. The van der Waals surface area contributed by atoms with E-state index >= 15 is 0 Å². The van der Waals surface area contributed by atoms with Crippen LogP contribution in [0.4, 0.5) is 0 Å². The Hall–Kier alpha value is -1.45. The van der Waals surface area contributed by atoms with E-state index in [1.807, 2.05) is 55.5 Å². The summed E-state index contributed by atoms with van der Waals surface area (Å²) in [6.45, 7) is 6.27. The maximum absolute atomic E-state index is 12.9. The number of hydrogen-bond donors (Lipinski definition) is 0. The van der Waals surface area contributed by atoms with E-state index in [9.17, 15) is 4.21 Å². The van der Waals surface area contributed by atoms with Crippen molar-refractivity contribution in [3.8, 4) is 0 Å². The molecular weight excluding hydrogens is 280 g/mol. The second kappa shape index (κ2) is 5.39. The highest BCUT2D eigenvalue weighted by Gasteiger charge is 2.52. The van der Waals surface area contributed by atoms with Crippen LogP contribution in [0.15, 0.2) is 58.3 Å². The Kier molecular flexibility index (Phi) is 3.72. The molecular formula is C18H20O2S. The van der Waals surface area contributed by atoms with Crippen LogP contribution in [0.2, 0.25) is 0 Å². The largest absolute Gasteiger partial charge is 0.361 e. The molecule has 0 amide bonds. The van der Waals surface area contributed by atoms with Crippen LogP contribution in [0.1, 0.15) is 37.5 Å². The summed E-state index contributed by atoms with van der Waals surface area (Å²) >= 11 is 0. The van der Waals surface area contributed by atoms with Crippen LogP contribution in [0.25, 0.3) is 0 Å². The topological polar surface area (TPSA) is 29.6 Å². The number of ether oxygens (including phenoxy) is 1. The predicted octanol–water partition coefficient (Wildman–Crippen LogP) is 4.40. The first-order valence-electron chi connectivity index (χ1n) is 7.30. The molecule has 21 heavy (non-hydrogen) atoms. The molecule has 0 bridgehead atoms. The lowest BCUT2D eigenvalue weighted by Gasteiger charge is -2.09. The summed E-state index contributed by atoms with van der Waals surface area (Å²) < 4.78 is 18.7. The second-order valence-corrected chi connectivity index (χ2v) is 7.23. The van der Waals surface area contributed by atoms with Gasteiger partial charge in [-0.15, -0.1) is 0 Å². The Labute approximate surface area is 128 Å². The molecule has 0 aliphatic carbocycles. The molecule has 0 saturated carbocycles. The van der Waals surface area contributed by atoms with Gasteiger partial charge in [0.15, 0.2) is 0 Å². The summed E-state index contributed by atoms with van der Waals surface area (Å²) in [5.74, 6) is 0. The lowest BCUT2D eigenvalue weighted by atomic mass is 9.99. The van der Waals surface area contributed by atoms with Gasteiger partial charge in [-0.2, -0.15) is 0 Å². The van der Waals surface area contributed by atoms with Crippen molar-refractivity contribution in [1.29, 1.82) is 0 Å². The fourth-order valence-electron chi connectivity index (χ4n) is 2.55. The van der Waals surface area contributed by atoms with Crippen molar-refractivity contribution in [2.75, 3.05) is 0 Å². The molecule has 0 aromatic heterocycles. The van der Waals surface area contributed by atoms with Crippen LogP contribution < -0.4 is 0 Å². The van der Waals surface area contributed by atoms with Crippen molar-refractivity contribution in [2.24, 2.45) is 0 Å². The first-order valence-corrected chi connectivity index (χ1v) is 8.45. The summed E-state index contributed by atoms with van der Waals surface area (Å²) in [4.78, 5) is 1.70. The molecule has 3 rings (SSSR count). The van der Waals surface area contributed by atoms with E-state index in [4.69, 9.17) is 4.74 Å². The first kappa shape index (κ1) is 14.5. The van der Waals surface area contributed by atoms with Crippen LogP contribution in [-0.4, -0.2) is 9.81 Å². The molecule has 0 N–H and O–H groups in total. The average molecular weight is 300 g/mol. The molecule has 1 fully saturated rings. The molecule has 3 atom stereocenters. The van der Waals surface area contributed by atoms with Crippen LogP contribution in [-0.2, 0) is 15.5 Å². The fraction of sp³-hybridized carbons (Fsp3) is 0.333. The molecule has 1 aliphatic heterocycles. The standard InChI is InChI=1S/C18H20O2S/c1-4-18(3)17(20-18)15-7-5-6-8-16(15)21(19)14-11-9-13(2)10-12-14/h5-12,17H,4H2,1-3H3/t17-,18-,21?/m0/s1. The van der Waals surface area contributed by atoms with Gasteiger partial charge in [0.1, 0.15) is 6.10 Å². The van der Waals surface area contributed by atoms with Gasteiger partial charge in [-0.05, 0) is 38.5 Å². The lowest BCUT2D eigenvalue weighted by molar-refractivity contribution is 0.303. The number of aryl methyl sites for hydroxylation is 1. The van der Waals surface area contributed by atoms with Crippen LogP contribution in [0.5, 0.6) is 0 Å². The van der Waals surface area contributed by atoms with E-state index in [1.54, 1.807) is 0 Å². The maximum atomic E-state index is 12.9. The third-order valence-corrected chi connectivity index (χ3v) is 5.69. The van der Waals surface area contributed by atoms with E-state index in [-0.39, 0.29) is 11.7 Å². The molecule has 3 heteroatoms. The van der Waals surface area contributed by atoms with Crippen molar-refractivity contribution < 1.29 is 8.95 Å². The zero-order valence-corrected chi connectivity index (χ0v) is 13.4. The summed E-state index contributed by atoms with van der Waals surface area (Å²) in [5, 5.41) is 0. The molecule has 2 aromatic carbocycles. The zero-order chi connectivity index (χ0) is 15.0. The van der Waals surface area contributed by atoms with Gasteiger partial charge < -0.3 is 4.74 Å². The van der Waals surface area contributed by atoms with Crippen molar-refractivity contribution in [1.82, 2.24) is 0 Å². The molecule has 2 aromatic rings. The molecule has 110 valence electrons. The van der Waals surface area contributed by atoms with Gasteiger partial charge in [-0.25, -0.2) is 4.21 Å². The van der Waals surface area contributed by atoms with Gasteiger partial charge >= 0.3 is 0 Å². The van der Waals surface area contributed by atoms with Crippen LogP contribution >= 0.6 is 0 Å². The van der Waals surface area contributed by atoms with E-state index in [2.05, 4.69) is 13.8 Å². The van der Waals surface area contributed by atoms with E-state index < -0.39 is 10.8 Å². The van der Waals surface area contributed by atoms with E-state index in [0.29, 0.717) is 0 Å². The Morgan fingerprint density at radius 3 is 2.43 bits per heavy atom. The normalized spacial score (nSPS) is 25.6. The van der Waals surface area contributed by atoms with E-state index in [0.717, 1.165) is 21.8 Å². The highest BCUT2D eigenvalue weighted by molar-refractivity contribution is 7.85. The third kappa shape index (κ3) is 2.68. The minimum Gasteiger partial charge on any atom is -0.361 e. The van der Waals surface area contributed by atoms with Crippen molar-refractivity contribution in [3.05, 3.63) is 59.7 Å². The summed E-state index contributed by atoms with van der Waals surface area (Å²) in [5.41, 5.74) is 2.13. The van der Waals surface area contributed by atoms with E-state index in [1.165, 1.54) is 5.56 Å². The molecule has 0 spiro atoms. The quantitative estimate of drug-likeness (QED) is 0.783. The summed E-state index contributed by atoms with van der Waals surface area (Å²) in [6.07, 6.45) is 1.02. The van der Waals surface area contributed by atoms with Gasteiger partial charge in [0.2, 0.25) is 0 Å². The number of hydrogen-bond acceptors (Lipinski definition) is 2. The monoisotopic (exact) mass is 300 g/mol. The Balaban J connectivity index is 1.96. The smallest absolute Gasteiger partial charge is 0.113 e. The van der Waals surface area contributed by atoms with Crippen molar-refractivity contribution >= 4 is 10.8 Å². The van der Waals surface area contributed by atoms with Gasteiger partial charge in [0, 0.05) is 15.4 Å². The Morgan fingerprint density at radius 1 is 1.14 bits per heavy atom. The van der Waals surface area contributed by atoms with Gasteiger partial charge in [0.25, 0.3) is 0 Å². The maximum Gasteiger partial charge on any atom is 0.113 e. The Morgan fingerprint density at radius 2 is 1.81 bits per heavy atom. The zero-order valence-electron chi connectivity index (χ0n) is 12.6. The predicted molar refractivity (Wildman–Crippen MR) is 84.8 cm³/mol. The summed E-state index contributed by atoms with van der Waals surface area (Å²) in [7, 11) is -1.16. The first-order chi connectivity index (χ1) is 10.0. The highest BCUT2D eigenvalue weighted by atomic mass is 32.2. The average Bonchev–Trinajstić information content (AvgIpc) is 3.20. The molecule has 2 nitrogen and oxygen atoms in total. The highest BCUT2D eigenvalue weighted by Crippen LogP contribution is 2.52. The number of rotatable bonds is 4. The lowest BCUT2D eigenvalue weighted by Crippen LogP contribution is -2.06. The minimum atomic E-state index is -1.16. The Bertz CT molecular complexity index is 678.